The molecule has 0 saturated carbocycles. The Morgan fingerprint density at radius 1 is 1.17 bits per heavy atom. The van der Waals surface area contributed by atoms with E-state index in [1.807, 2.05) is 0 Å². The van der Waals surface area contributed by atoms with Crippen molar-refractivity contribution in [3.8, 4) is 5.75 Å². The zero-order chi connectivity index (χ0) is 13.7. The molecule has 0 aliphatic rings. The zero-order valence-electron chi connectivity index (χ0n) is 9.97. The molecule has 1 amide bonds. The summed E-state index contributed by atoms with van der Waals surface area (Å²) < 4.78 is 4.44. The smallest absolute Gasteiger partial charge is 0.340 e. The number of hydrogen-bond donors (Lipinski definition) is 2. The molecule has 2 N–H and O–H groups in total. The lowest BCUT2D eigenvalue weighted by Crippen LogP contribution is -2.34. The molecule has 0 aromatic heterocycles. The Labute approximate surface area is 104 Å². The number of amides is 1. The van der Waals surface area contributed by atoms with Crippen LogP contribution in [-0.2, 0) is 19.1 Å². The first-order valence-corrected chi connectivity index (χ1v) is 5.18. The van der Waals surface area contributed by atoms with Crippen LogP contribution in [0, 0.1) is 0 Å². The van der Waals surface area contributed by atoms with E-state index in [9.17, 15) is 14.4 Å². The highest BCUT2D eigenvalue weighted by Gasteiger charge is 2.24. The number of carbonyl (C=O) groups is 3. The van der Waals surface area contributed by atoms with Crippen molar-refractivity contribution >= 4 is 17.8 Å². The normalized spacial score (nSPS) is 11.4. The van der Waals surface area contributed by atoms with Crippen molar-refractivity contribution in [2.45, 2.75) is 19.9 Å². The van der Waals surface area contributed by atoms with Gasteiger partial charge < -0.3 is 15.2 Å². The summed E-state index contributed by atoms with van der Waals surface area (Å²) in [6, 6.07) is 4.57. The number of benzene rings is 1. The molecule has 0 spiro atoms. The van der Waals surface area contributed by atoms with Gasteiger partial charge >= 0.3 is 11.9 Å². The topological polar surface area (TPSA) is 92.7 Å². The minimum absolute atomic E-state index is 0.0280. The summed E-state index contributed by atoms with van der Waals surface area (Å²) in [4.78, 5) is 33.4. The van der Waals surface area contributed by atoms with Crippen LogP contribution in [-0.4, -0.2) is 23.0 Å². The van der Waals surface area contributed by atoms with E-state index >= 15 is 0 Å². The summed E-state index contributed by atoms with van der Waals surface area (Å²) in [6.07, 6.45) is 0. The van der Waals surface area contributed by atoms with Crippen LogP contribution in [0.25, 0.3) is 0 Å². The lowest BCUT2D eigenvalue weighted by Gasteiger charge is -2.15. The number of hydrogen-bond acceptors (Lipinski definition) is 5. The molecule has 0 fully saturated rings. The van der Waals surface area contributed by atoms with Gasteiger partial charge in [-0.1, -0.05) is 12.1 Å². The van der Waals surface area contributed by atoms with Crippen LogP contribution >= 0.6 is 0 Å². The summed E-state index contributed by atoms with van der Waals surface area (Å²) >= 11 is 0. The van der Waals surface area contributed by atoms with Crippen LogP contribution < -0.4 is 5.32 Å². The second-order valence-corrected chi connectivity index (χ2v) is 3.64. The van der Waals surface area contributed by atoms with E-state index in [-0.39, 0.29) is 5.75 Å². The van der Waals surface area contributed by atoms with Gasteiger partial charge in [-0.3, -0.25) is 9.59 Å². The molecule has 1 atom stereocenters. The van der Waals surface area contributed by atoms with Crippen LogP contribution in [0.5, 0.6) is 5.75 Å². The van der Waals surface area contributed by atoms with Crippen molar-refractivity contribution in [3.05, 3.63) is 29.8 Å². The summed E-state index contributed by atoms with van der Waals surface area (Å²) in [5.74, 6) is -2.04. The van der Waals surface area contributed by atoms with Gasteiger partial charge in [-0.25, -0.2) is 4.79 Å². The molecule has 0 heterocycles. The van der Waals surface area contributed by atoms with Gasteiger partial charge in [0.25, 0.3) is 0 Å². The summed E-state index contributed by atoms with van der Waals surface area (Å²) in [6.45, 7) is 2.34. The largest absolute Gasteiger partial charge is 0.508 e. The number of nitrogens with one attached hydrogen (secondary N) is 1. The van der Waals surface area contributed by atoms with Crippen LogP contribution in [0.2, 0.25) is 0 Å². The highest BCUT2D eigenvalue weighted by Crippen LogP contribution is 2.18. The molecule has 1 rings (SSSR count). The molecule has 1 aromatic carbocycles. The van der Waals surface area contributed by atoms with Gasteiger partial charge in [0, 0.05) is 13.8 Å². The van der Waals surface area contributed by atoms with E-state index in [2.05, 4.69) is 10.1 Å². The molecule has 1 aromatic rings. The van der Waals surface area contributed by atoms with Crippen molar-refractivity contribution in [1.82, 2.24) is 5.32 Å². The lowest BCUT2D eigenvalue weighted by molar-refractivity contribution is -0.160. The summed E-state index contributed by atoms with van der Waals surface area (Å²) in [5, 5.41) is 11.5. The molecule has 0 saturated heterocycles. The number of aromatic hydroxyl groups is 1. The Kier molecular flexibility index (Phi) is 4.42. The first-order valence-electron chi connectivity index (χ1n) is 5.18. The maximum Gasteiger partial charge on any atom is 0.340 e. The Morgan fingerprint density at radius 3 is 2.17 bits per heavy atom. The van der Waals surface area contributed by atoms with Gasteiger partial charge in [-0.05, 0) is 17.7 Å². The van der Waals surface area contributed by atoms with Gasteiger partial charge in [0.05, 0.1) is 0 Å². The van der Waals surface area contributed by atoms with E-state index in [4.69, 9.17) is 5.11 Å². The Bertz CT molecular complexity index is 466. The SMILES string of the molecule is CC(=O)NC(C(=O)OC(C)=O)c1ccc(O)cc1. The maximum atomic E-state index is 11.7. The molecule has 18 heavy (non-hydrogen) atoms. The van der Waals surface area contributed by atoms with Gasteiger partial charge in [0.15, 0.2) is 6.04 Å². The number of carbonyl (C=O) groups excluding carboxylic acids is 3. The fourth-order valence-corrected chi connectivity index (χ4v) is 1.35. The molecule has 0 radical (unpaired) electrons. The van der Waals surface area contributed by atoms with Crippen molar-refractivity contribution < 1.29 is 24.2 Å². The standard InChI is InChI=1S/C12H13NO5/c1-7(14)13-11(12(17)18-8(2)15)9-3-5-10(16)6-4-9/h3-6,11,16H,1-2H3,(H,13,14). The number of ether oxygens (including phenoxy) is 1. The fourth-order valence-electron chi connectivity index (χ4n) is 1.35. The van der Waals surface area contributed by atoms with Crippen LogP contribution in [0.15, 0.2) is 24.3 Å². The number of phenolic OH excluding ortho intramolecular Hbond substituents is 1. The van der Waals surface area contributed by atoms with Gasteiger partial charge in [-0.15, -0.1) is 0 Å². The Morgan fingerprint density at radius 2 is 1.72 bits per heavy atom. The van der Waals surface area contributed by atoms with E-state index in [0.29, 0.717) is 5.56 Å². The van der Waals surface area contributed by atoms with Crippen LogP contribution in [0.3, 0.4) is 0 Å². The number of esters is 2. The predicted octanol–water partition coefficient (Wildman–Crippen LogP) is 0.659. The highest BCUT2D eigenvalue weighted by atomic mass is 16.6. The minimum Gasteiger partial charge on any atom is -0.508 e. The second kappa shape index (κ2) is 5.81. The Hall–Kier alpha value is -2.37. The van der Waals surface area contributed by atoms with Crippen molar-refractivity contribution in [3.63, 3.8) is 0 Å². The maximum absolute atomic E-state index is 11.7. The molecule has 96 valence electrons. The molecule has 0 aliphatic carbocycles. The third kappa shape index (κ3) is 3.89. The molecular formula is C12H13NO5. The molecule has 6 heteroatoms. The van der Waals surface area contributed by atoms with Gasteiger partial charge in [-0.2, -0.15) is 0 Å². The zero-order valence-corrected chi connectivity index (χ0v) is 9.97. The monoisotopic (exact) mass is 251 g/mol. The fraction of sp³-hybridized carbons (Fsp3) is 0.250. The highest BCUT2D eigenvalue weighted by molar-refractivity contribution is 5.90. The van der Waals surface area contributed by atoms with Gasteiger partial charge in [0.1, 0.15) is 5.75 Å². The van der Waals surface area contributed by atoms with Crippen molar-refractivity contribution in [2.75, 3.05) is 0 Å². The summed E-state index contributed by atoms with van der Waals surface area (Å²) in [5.41, 5.74) is 0.411. The van der Waals surface area contributed by atoms with Crippen molar-refractivity contribution in [2.24, 2.45) is 0 Å². The van der Waals surface area contributed by atoms with E-state index in [1.165, 1.54) is 31.2 Å². The lowest BCUT2D eigenvalue weighted by atomic mass is 10.1. The van der Waals surface area contributed by atoms with E-state index in [0.717, 1.165) is 6.92 Å². The third-order valence-electron chi connectivity index (χ3n) is 2.05. The first-order chi connectivity index (χ1) is 8.40. The average molecular weight is 251 g/mol. The molecule has 6 nitrogen and oxygen atoms in total. The van der Waals surface area contributed by atoms with Crippen molar-refractivity contribution in [1.29, 1.82) is 0 Å². The molecule has 0 aliphatic heterocycles. The minimum atomic E-state index is -1.08. The van der Waals surface area contributed by atoms with E-state index < -0.39 is 23.9 Å². The van der Waals surface area contributed by atoms with E-state index in [1.54, 1.807) is 0 Å². The predicted molar refractivity (Wildman–Crippen MR) is 61.4 cm³/mol. The van der Waals surface area contributed by atoms with Gasteiger partial charge in [0.2, 0.25) is 5.91 Å². The third-order valence-corrected chi connectivity index (χ3v) is 2.05. The number of phenols is 1. The summed E-state index contributed by atoms with van der Waals surface area (Å²) in [7, 11) is 0. The van der Waals surface area contributed by atoms with Crippen LogP contribution in [0.4, 0.5) is 0 Å². The van der Waals surface area contributed by atoms with Crippen LogP contribution in [0.1, 0.15) is 25.5 Å². The first kappa shape index (κ1) is 13.7. The quantitative estimate of drug-likeness (QED) is 0.608. The Balaban J connectivity index is 2.97. The molecular weight excluding hydrogens is 238 g/mol. The molecule has 0 bridgehead atoms. The number of rotatable bonds is 3. The average Bonchev–Trinajstić information content (AvgIpc) is 2.26. The molecule has 1 unspecified atom stereocenters. The second-order valence-electron chi connectivity index (χ2n) is 3.64.